The topological polar surface area (TPSA) is 38.1 Å². The number of amides is 1. The van der Waals surface area contributed by atoms with Crippen molar-refractivity contribution in [1.29, 1.82) is 0 Å². The van der Waals surface area contributed by atoms with Gasteiger partial charge in [0.1, 0.15) is 17.3 Å². The molecule has 0 aliphatic heterocycles. The second kappa shape index (κ2) is 7.83. The lowest BCUT2D eigenvalue weighted by Gasteiger charge is -2.20. The molecule has 0 fully saturated rings. The number of aromatic nitrogens is 2. The number of carbonyl (C=O) groups is 1. The fourth-order valence-electron chi connectivity index (χ4n) is 2.78. The highest BCUT2D eigenvalue weighted by atomic mass is 19.1. The van der Waals surface area contributed by atoms with Gasteiger partial charge in [-0.2, -0.15) is 5.10 Å². The molecule has 0 radical (unpaired) electrons. The van der Waals surface area contributed by atoms with Crippen molar-refractivity contribution >= 4 is 5.91 Å². The molecule has 0 saturated heterocycles. The summed E-state index contributed by atoms with van der Waals surface area (Å²) in [5.74, 6) is 1.35. The van der Waals surface area contributed by atoms with Crippen molar-refractivity contribution in [1.82, 2.24) is 14.7 Å². The maximum Gasteiger partial charge on any atom is 0.258 e. The van der Waals surface area contributed by atoms with Gasteiger partial charge in [0.15, 0.2) is 0 Å². The van der Waals surface area contributed by atoms with Crippen molar-refractivity contribution in [2.75, 3.05) is 6.54 Å². The highest BCUT2D eigenvalue weighted by Gasteiger charge is 2.21. The average Bonchev–Trinajstić information content (AvgIpc) is 3.04. The summed E-state index contributed by atoms with van der Waals surface area (Å²) in [6, 6.07) is 12.0. The van der Waals surface area contributed by atoms with E-state index in [9.17, 15) is 13.6 Å². The van der Waals surface area contributed by atoms with E-state index in [1.54, 1.807) is 37.3 Å². The van der Waals surface area contributed by atoms with E-state index >= 15 is 0 Å². The zero-order valence-corrected chi connectivity index (χ0v) is 14.7. The summed E-state index contributed by atoms with van der Waals surface area (Å²) in [4.78, 5) is 14.4. The molecule has 0 N–H and O–H groups in total. The summed E-state index contributed by atoms with van der Waals surface area (Å²) < 4.78 is 28.5. The number of benzene rings is 2. The van der Waals surface area contributed by atoms with E-state index in [1.807, 2.05) is 0 Å². The van der Waals surface area contributed by atoms with Gasteiger partial charge in [-0.15, -0.1) is 6.42 Å². The summed E-state index contributed by atoms with van der Waals surface area (Å²) in [5, 5.41) is 4.16. The van der Waals surface area contributed by atoms with Crippen molar-refractivity contribution in [2.24, 2.45) is 0 Å². The Morgan fingerprint density at radius 1 is 1.19 bits per heavy atom. The minimum absolute atomic E-state index is 0.0839. The molecule has 1 aromatic heterocycles. The van der Waals surface area contributed by atoms with Crippen LogP contribution in [0.25, 0.3) is 5.69 Å². The lowest BCUT2D eigenvalue weighted by atomic mass is 10.1. The smallest absolute Gasteiger partial charge is 0.258 e. The van der Waals surface area contributed by atoms with Gasteiger partial charge in [0.2, 0.25) is 0 Å². The fourth-order valence-corrected chi connectivity index (χ4v) is 2.78. The molecule has 0 atom stereocenters. The van der Waals surface area contributed by atoms with Crippen LogP contribution < -0.4 is 0 Å². The van der Waals surface area contributed by atoms with Gasteiger partial charge in [0.25, 0.3) is 5.91 Å². The van der Waals surface area contributed by atoms with Crippen molar-refractivity contribution in [3.63, 3.8) is 0 Å². The maximum absolute atomic E-state index is 14.1. The van der Waals surface area contributed by atoms with Crippen molar-refractivity contribution < 1.29 is 13.6 Å². The minimum atomic E-state index is -0.436. The molecule has 0 unspecified atom stereocenters. The summed E-state index contributed by atoms with van der Waals surface area (Å²) in [6.07, 6.45) is 6.80. The van der Waals surface area contributed by atoms with Gasteiger partial charge in [-0.25, -0.2) is 13.5 Å². The normalized spacial score (nSPS) is 10.4. The van der Waals surface area contributed by atoms with Crippen molar-refractivity contribution in [2.45, 2.75) is 13.5 Å². The Hall–Kier alpha value is -3.46. The van der Waals surface area contributed by atoms with Gasteiger partial charge in [-0.3, -0.25) is 4.79 Å². The molecular weight excluding hydrogens is 348 g/mol. The Kier molecular flexibility index (Phi) is 5.32. The first-order valence-electron chi connectivity index (χ1n) is 8.28. The maximum atomic E-state index is 14.1. The molecule has 0 saturated carbocycles. The molecule has 136 valence electrons. The number of halogens is 2. The predicted molar refractivity (Wildman–Crippen MR) is 98.2 cm³/mol. The Balaban J connectivity index is 1.90. The molecule has 0 aliphatic rings. The number of nitrogens with zero attached hydrogens (tertiary/aromatic N) is 3. The number of para-hydroxylation sites is 1. The average molecular weight is 365 g/mol. The van der Waals surface area contributed by atoms with Crippen LogP contribution in [0.4, 0.5) is 8.78 Å². The molecule has 1 amide bonds. The van der Waals surface area contributed by atoms with Crippen LogP contribution in [0.3, 0.4) is 0 Å². The number of terminal acetylenes is 1. The van der Waals surface area contributed by atoms with Gasteiger partial charge in [0, 0.05) is 6.54 Å². The molecule has 4 nitrogen and oxygen atoms in total. The van der Waals surface area contributed by atoms with E-state index in [-0.39, 0.29) is 30.5 Å². The van der Waals surface area contributed by atoms with Crippen molar-refractivity contribution in [3.8, 4) is 18.0 Å². The van der Waals surface area contributed by atoms with Crippen LogP contribution in [0.1, 0.15) is 21.6 Å². The van der Waals surface area contributed by atoms with Gasteiger partial charge in [-0.1, -0.05) is 30.2 Å². The first kappa shape index (κ1) is 18.3. The molecule has 3 aromatic rings. The Bertz CT molecular complexity index is 1000. The van der Waals surface area contributed by atoms with Crippen LogP contribution in [0.2, 0.25) is 0 Å². The lowest BCUT2D eigenvalue weighted by molar-refractivity contribution is 0.0765. The van der Waals surface area contributed by atoms with Gasteiger partial charge < -0.3 is 4.90 Å². The Labute approximate surface area is 156 Å². The van der Waals surface area contributed by atoms with E-state index < -0.39 is 5.82 Å². The predicted octanol–water partition coefficient (Wildman–Crippen LogP) is 3.73. The third-order valence-electron chi connectivity index (χ3n) is 4.18. The second-order valence-electron chi connectivity index (χ2n) is 6.00. The zero-order chi connectivity index (χ0) is 19.4. The highest BCUT2D eigenvalue weighted by Crippen LogP contribution is 2.19. The first-order chi connectivity index (χ1) is 13.0. The van der Waals surface area contributed by atoms with E-state index in [2.05, 4.69) is 11.0 Å². The third kappa shape index (κ3) is 3.87. The number of carbonyl (C=O) groups excluding carboxylic acids is 1. The SMILES string of the molecule is C#CCN(Cc1ccc(F)cc1)C(=O)c1cnn(-c2ccccc2F)c1C. The van der Waals surface area contributed by atoms with Gasteiger partial charge in [0.05, 0.1) is 24.0 Å². The fraction of sp³-hybridized carbons (Fsp3) is 0.143. The molecule has 0 spiro atoms. The van der Waals surface area contributed by atoms with E-state index in [1.165, 1.54) is 34.0 Å². The van der Waals surface area contributed by atoms with Crippen LogP contribution >= 0.6 is 0 Å². The summed E-state index contributed by atoms with van der Waals surface area (Å²) in [7, 11) is 0. The summed E-state index contributed by atoms with van der Waals surface area (Å²) in [6.45, 7) is 2.01. The lowest BCUT2D eigenvalue weighted by Crippen LogP contribution is -2.31. The molecule has 6 heteroatoms. The molecule has 2 aromatic carbocycles. The summed E-state index contributed by atoms with van der Waals surface area (Å²) >= 11 is 0. The van der Waals surface area contributed by atoms with E-state index in [0.29, 0.717) is 11.3 Å². The molecule has 3 rings (SSSR count). The van der Waals surface area contributed by atoms with Crippen LogP contribution in [0, 0.1) is 30.9 Å². The first-order valence-corrected chi connectivity index (χ1v) is 8.28. The third-order valence-corrected chi connectivity index (χ3v) is 4.18. The molecule has 0 bridgehead atoms. The van der Waals surface area contributed by atoms with Crippen molar-refractivity contribution in [3.05, 3.63) is 83.2 Å². The molecule has 0 aliphatic carbocycles. The Morgan fingerprint density at radius 2 is 1.89 bits per heavy atom. The number of rotatable bonds is 5. The summed E-state index contributed by atoms with van der Waals surface area (Å²) in [5.41, 5.74) is 1.84. The minimum Gasteiger partial charge on any atom is -0.323 e. The van der Waals surface area contributed by atoms with Gasteiger partial charge >= 0.3 is 0 Å². The second-order valence-corrected chi connectivity index (χ2v) is 6.00. The highest BCUT2D eigenvalue weighted by molar-refractivity contribution is 5.95. The van der Waals surface area contributed by atoms with Crippen LogP contribution in [-0.2, 0) is 6.54 Å². The van der Waals surface area contributed by atoms with Crippen LogP contribution in [-0.4, -0.2) is 27.1 Å². The number of hydrogen-bond donors (Lipinski definition) is 0. The zero-order valence-electron chi connectivity index (χ0n) is 14.7. The van der Waals surface area contributed by atoms with Gasteiger partial charge in [-0.05, 0) is 36.8 Å². The molecular formula is C21H17F2N3O. The van der Waals surface area contributed by atoms with Crippen LogP contribution in [0.5, 0.6) is 0 Å². The quantitative estimate of drug-likeness (QED) is 0.646. The standard InChI is InChI=1S/C21H17F2N3O/c1-3-12-25(14-16-8-10-17(22)11-9-16)21(27)18-13-24-26(15(18)2)20-7-5-4-6-19(20)23/h1,4-11,13H,12,14H2,2H3. The molecule has 1 heterocycles. The molecule has 27 heavy (non-hydrogen) atoms. The number of hydrogen-bond acceptors (Lipinski definition) is 2. The Morgan fingerprint density at radius 3 is 2.56 bits per heavy atom. The van der Waals surface area contributed by atoms with E-state index in [0.717, 1.165) is 5.56 Å². The van der Waals surface area contributed by atoms with E-state index in [4.69, 9.17) is 6.42 Å². The monoisotopic (exact) mass is 365 g/mol. The largest absolute Gasteiger partial charge is 0.323 e. The van der Waals surface area contributed by atoms with Crippen LogP contribution in [0.15, 0.2) is 54.7 Å².